The largest absolute Gasteiger partial charge is 0.226 e. The zero-order valence-electron chi connectivity index (χ0n) is 8.75. The molecular formula is C10H15BrN2S. The lowest BCUT2D eigenvalue weighted by Crippen LogP contribution is -1.99. The average Bonchev–Trinajstić information content (AvgIpc) is 2.14. The second kappa shape index (κ2) is 5.71. The van der Waals surface area contributed by atoms with Crippen LogP contribution in [0.1, 0.15) is 38.9 Å². The van der Waals surface area contributed by atoms with Crippen molar-refractivity contribution >= 4 is 27.7 Å². The van der Waals surface area contributed by atoms with Gasteiger partial charge in [0.05, 0.1) is 0 Å². The Morgan fingerprint density at radius 3 is 2.71 bits per heavy atom. The van der Waals surface area contributed by atoms with Gasteiger partial charge in [-0.2, -0.15) is 0 Å². The topological polar surface area (TPSA) is 25.8 Å². The van der Waals surface area contributed by atoms with E-state index in [1.165, 1.54) is 6.42 Å². The summed E-state index contributed by atoms with van der Waals surface area (Å²) in [6.07, 6.45) is 1.17. The molecule has 0 atom stereocenters. The smallest absolute Gasteiger partial charge is 0.133 e. The highest BCUT2D eigenvalue weighted by Gasteiger charge is 2.06. The quantitative estimate of drug-likeness (QED) is 0.616. The Morgan fingerprint density at radius 2 is 2.14 bits per heavy atom. The molecule has 78 valence electrons. The lowest BCUT2D eigenvalue weighted by atomic mass is 10.2. The van der Waals surface area contributed by atoms with E-state index >= 15 is 0 Å². The predicted molar refractivity (Wildman–Crippen MR) is 64.8 cm³/mol. The van der Waals surface area contributed by atoms with Gasteiger partial charge in [0.1, 0.15) is 15.5 Å². The SMILES string of the molecule is CCCSc1cc(Br)nc(C(C)C)n1. The maximum Gasteiger partial charge on any atom is 0.133 e. The van der Waals surface area contributed by atoms with E-state index < -0.39 is 0 Å². The van der Waals surface area contributed by atoms with E-state index in [2.05, 4.69) is 46.7 Å². The summed E-state index contributed by atoms with van der Waals surface area (Å²) in [7, 11) is 0. The molecule has 0 fully saturated rings. The van der Waals surface area contributed by atoms with Crippen molar-refractivity contribution in [3.8, 4) is 0 Å². The molecule has 1 aromatic rings. The Morgan fingerprint density at radius 1 is 1.43 bits per heavy atom. The van der Waals surface area contributed by atoms with Crippen molar-refractivity contribution < 1.29 is 0 Å². The zero-order chi connectivity index (χ0) is 10.6. The van der Waals surface area contributed by atoms with Crippen molar-refractivity contribution in [3.05, 3.63) is 16.5 Å². The normalized spacial score (nSPS) is 10.9. The highest BCUT2D eigenvalue weighted by atomic mass is 79.9. The van der Waals surface area contributed by atoms with Crippen LogP contribution < -0.4 is 0 Å². The Balaban J connectivity index is 2.84. The fourth-order valence-electron chi connectivity index (χ4n) is 0.953. The van der Waals surface area contributed by atoms with Gasteiger partial charge >= 0.3 is 0 Å². The van der Waals surface area contributed by atoms with E-state index in [-0.39, 0.29) is 0 Å². The number of hydrogen-bond donors (Lipinski definition) is 0. The molecule has 0 aliphatic carbocycles. The number of halogens is 1. The minimum atomic E-state index is 0.383. The van der Waals surface area contributed by atoms with E-state index in [9.17, 15) is 0 Å². The fourth-order valence-corrected chi connectivity index (χ4v) is 2.27. The summed E-state index contributed by atoms with van der Waals surface area (Å²) in [5, 5.41) is 1.07. The number of thioether (sulfide) groups is 1. The zero-order valence-corrected chi connectivity index (χ0v) is 11.2. The molecule has 0 unspecified atom stereocenters. The second-order valence-corrected chi connectivity index (χ2v) is 5.32. The molecule has 0 N–H and O–H groups in total. The first kappa shape index (κ1) is 12.0. The van der Waals surface area contributed by atoms with Gasteiger partial charge < -0.3 is 0 Å². The van der Waals surface area contributed by atoms with Gasteiger partial charge in [-0.15, -0.1) is 11.8 Å². The molecule has 1 aromatic heterocycles. The van der Waals surface area contributed by atoms with Crippen LogP contribution in [0, 0.1) is 0 Å². The Labute approximate surface area is 98.1 Å². The second-order valence-electron chi connectivity index (χ2n) is 3.39. The van der Waals surface area contributed by atoms with E-state index in [4.69, 9.17) is 0 Å². The molecule has 0 aliphatic heterocycles. The van der Waals surface area contributed by atoms with Crippen LogP contribution in [-0.2, 0) is 0 Å². The monoisotopic (exact) mass is 274 g/mol. The average molecular weight is 275 g/mol. The number of nitrogens with zero attached hydrogens (tertiary/aromatic N) is 2. The summed E-state index contributed by atoms with van der Waals surface area (Å²) in [6.45, 7) is 6.39. The van der Waals surface area contributed by atoms with Gasteiger partial charge in [0.15, 0.2) is 0 Å². The first-order chi connectivity index (χ1) is 6.63. The number of rotatable bonds is 4. The van der Waals surface area contributed by atoms with Crippen LogP contribution in [0.2, 0.25) is 0 Å². The standard InChI is InChI=1S/C10H15BrN2S/c1-4-5-14-9-6-8(11)12-10(13-9)7(2)3/h6-7H,4-5H2,1-3H3. The molecule has 1 rings (SSSR count). The highest BCUT2D eigenvalue weighted by molar-refractivity contribution is 9.10. The third-order valence-electron chi connectivity index (χ3n) is 1.66. The molecule has 0 saturated heterocycles. The summed E-state index contributed by atoms with van der Waals surface area (Å²) in [5.74, 6) is 2.41. The number of aromatic nitrogens is 2. The minimum Gasteiger partial charge on any atom is -0.226 e. The first-order valence-electron chi connectivity index (χ1n) is 4.80. The van der Waals surface area contributed by atoms with Crippen LogP contribution in [0.25, 0.3) is 0 Å². The highest BCUT2D eigenvalue weighted by Crippen LogP contribution is 2.22. The molecule has 4 heteroatoms. The van der Waals surface area contributed by atoms with Crippen molar-refractivity contribution in [1.29, 1.82) is 0 Å². The molecule has 0 amide bonds. The van der Waals surface area contributed by atoms with Crippen LogP contribution in [0.3, 0.4) is 0 Å². The van der Waals surface area contributed by atoms with Gasteiger partial charge in [-0.25, -0.2) is 9.97 Å². The van der Waals surface area contributed by atoms with Crippen LogP contribution in [0.5, 0.6) is 0 Å². The Hall–Kier alpha value is -0.0900. The fraction of sp³-hybridized carbons (Fsp3) is 0.600. The summed E-state index contributed by atoms with van der Waals surface area (Å²) in [4.78, 5) is 8.83. The van der Waals surface area contributed by atoms with E-state index in [1.807, 2.05) is 6.07 Å². The van der Waals surface area contributed by atoms with Crippen LogP contribution in [0.15, 0.2) is 15.7 Å². The molecule has 2 nitrogen and oxygen atoms in total. The van der Waals surface area contributed by atoms with Gasteiger partial charge in [-0.05, 0) is 28.1 Å². The van der Waals surface area contributed by atoms with E-state index in [0.29, 0.717) is 5.92 Å². The molecule has 14 heavy (non-hydrogen) atoms. The van der Waals surface area contributed by atoms with Gasteiger partial charge in [0, 0.05) is 12.0 Å². The Bertz CT molecular complexity index is 302. The molecule has 0 bridgehead atoms. The Kier molecular flexibility index (Phi) is 4.89. The van der Waals surface area contributed by atoms with Crippen molar-refractivity contribution in [2.24, 2.45) is 0 Å². The van der Waals surface area contributed by atoms with Gasteiger partial charge in [-0.3, -0.25) is 0 Å². The number of hydrogen-bond acceptors (Lipinski definition) is 3. The third kappa shape index (κ3) is 3.58. The van der Waals surface area contributed by atoms with Gasteiger partial charge in [0.25, 0.3) is 0 Å². The third-order valence-corrected chi connectivity index (χ3v) is 3.18. The maximum atomic E-state index is 4.49. The molecule has 0 saturated carbocycles. The van der Waals surface area contributed by atoms with Crippen molar-refractivity contribution in [2.45, 2.75) is 38.1 Å². The molecule has 0 spiro atoms. The van der Waals surface area contributed by atoms with E-state index in [1.54, 1.807) is 11.8 Å². The van der Waals surface area contributed by atoms with Gasteiger partial charge in [0.2, 0.25) is 0 Å². The molecular weight excluding hydrogens is 260 g/mol. The molecule has 0 aromatic carbocycles. The summed E-state index contributed by atoms with van der Waals surface area (Å²) in [5.41, 5.74) is 0. The summed E-state index contributed by atoms with van der Waals surface area (Å²) in [6, 6.07) is 1.98. The summed E-state index contributed by atoms with van der Waals surface area (Å²) >= 11 is 5.19. The molecule has 0 aliphatic rings. The van der Waals surface area contributed by atoms with Gasteiger partial charge in [-0.1, -0.05) is 20.8 Å². The lowest BCUT2D eigenvalue weighted by Gasteiger charge is -2.06. The first-order valence-corrected chi connectivity index (χ1v) is 6.58. The predicted octanol–water partition coefficient (Wildman–Crippen LogP) is 3.86. The maximum absolute atomic E-state index is 4.49. The van der Waals surface area contributed by atoms with Crippen LogP contribution in [-0.4, -0.2) is 15.7 Å². The van der Waals surface area contributed by atoms with Crippen molar-refractivity contribution in [1.82, 2.24) is 9.97 Å². The van der Waals surface area contributed by atoms with E-state index in [0.717, 1.165) is 21.2 Å². The summed E-state index contributed by atoms with van der Waals surface area (Å²) < 4.78 is 0.884. The van der Waals surface area contributed by atoms with Crippen LogP contribution in [0.4, 0.5) is 0 Å². The van der Waals surface area contributed by atoms with Crippen molar-refractivity contribution in [3.63, 3.8) is 0 Å². The minimum absolute atomic E-state index is 0.383. The van der Waals surface area contributed by atoms with Crippen LogP contribution >= 0.6 is 27.7 Å². The molecule has 1 heterocycles. The van der Waals surface area contributed by atoms with Crippen molar-refractivity contribution in [2.75, 3.05) is 5.75 Å². The molecule has 0 radical (unpaired) electrons. The lowest BCUT2D eigenvalue weighted by molar-refractivity contribution is 0.747.